The molecule has 1 atom stereocenters. The average molecular weight is 642 g/mol. The van der Waals surface area contributed by atoms with Crippen LogP contribution >= 0.6 is 11.3 Å². The molecule has 0 aliphatic carbocycles. The highest BCUT2D eigenvalue weighted by Gasteiger charge is 2.31. The van der Waals surface area contributed by atoms with Crippen molar-refractivity contribution in [1.82, 2.24) is 24.6 Å². The minimum Gasteiger partial charge on any atom is -0.490 e. The first-order chi connectivity index (χ1) is 22.3. The van der Waals surface area contributed by atoms with Crippen molar-refractivity contribution in [3.63, 3.8) is 0 Å². The number of hydrogen-bond acceptors (Lipinski definition) is 7. The van der Waals surface area contributed by atoms with Crippen molar-refractivity contribution in [2.75, 3.05) is 33.4 Å². The number of ether oxygens (including phenoxy) is 1. The van der Waals surface area contributed by atoms with Gasteiger partial charge in [0, 0.05) is 53.0 Å². The van der Waals surface area contributed by atoms with Crippen molar-refractivity contribution in [2.45, 2.75) is 32.5 Å². The number of aliphatic hydroxyl groups excluding tert-OH is 1. The Bertz CT molecular complexity index is 2000. The van der Waals surface area contributed by atoms with E-state index in [2.05, 4.69) is 36.7 Å². The Balaban J connectivity index is 1.49. The summed E-state index contributed by atoms with van der Waals surface area (Å²) in [6, 6.07) is 12.0. The van der Waals surface area contributed by atoms with Gasteiger partial charge in [-0.15, -0.1) is 11.3 Å². The summed E-state index contributed by atoms with van der Waals surface area (Å²) in [5.74, 6) is -1.80. The molecule has 7 rings (SSSR count). The van der Waals surface area contributed by atoms with Crippen LogP contribution in [0.5, 0.6) is 5.75 Å². The molecule has 1 N–H and O–H groups in total. The third-order valence-electron chi connectivity index (χ3n) is 8.87. The molecular weight excluding hydrogens is 608 g/mol. The largest absolute Gasteiger partial charge is 0.490 e. The molecule has 11 heteroatoms. The molecule has 0 fully saturated rings. The second kappa shape index (κ2) is 12.1. The quantitative estimate of drug-likeness (QED) is 0.213. The van der Waals surface area contributed by atoms with E-state index in [1.54, 1.807) is 4.90 Å². The van der Waals surface area contributed by atoms with Gasteiger partial charge < -0.3 is 19.6 Å². The maximum Gasteiger partial charge on any atom is 0.246 e. The number of halogens is 2. The van der Waals surface area contributed by atoms with Gasteiger partial charge in [-0.25, -0.2) is 13.8 Å². The maximum atomic E-state index is 16.0. The van der Waals surface area contributed by atoms with Crippen molar-refractivity contribution >= 4 is 27.3 Å². The van der Waals surface area contributed by atoms with E-state index >= 15 is 4.39 Å². The number of amides is 1. The van der Waals surface area contributed by atoms with E-state index in [-0.39, 0.29) is 36.5 Å². The number of pyridine rings is 1. The van der Waals surface area contributed by atoms with E-state index in [0.717, 1.165) is 58.7 Å². The molecule has 5 heterocycles. The number of aromatic nitrogens is 3. The van der Waals surface area contributed by atoms with Gasteiger partial charge in [0.15, 0.2) is 0 Å². The first-order valence-electron chi connectivity index (χ1n) is 15.2. The number of carbonyl (C=O) groups is 1. The Labute approximate surface area is 269 Å². The first-order valence-corrected chi connectivity index (χ1v) is 16.1. The number of thiophene rings is 1. The minimum absolute atomic E-state index is 0.0334. The third-order valence-corrected chi connectivity index (χ3v) is 9.80. The lowest BCUT2D eigenvalue weighted by molar-refractivity contribution is -0.129. The van der Waals surface area contributed by atoms with Crippen molar-refractivity contribution in [1.29, 1.82) is 0 Å². The van der Waals surface area contributed by atoms with Crippen molar-refractivity contribution in [3.8, 4) is 39.5 Å². The highest BCUT2D eigenvalue weighted by atomic mass is 32.1. The van der Waals surface area contributed by atoms with Crippen LogP contribution in [0.3, 0.4) is 0 Å². The Morgan fingerprint density at radius 1 is 1.11 bits per heavy atom. The van der Waals surface area contributed by atoms with Crippen LogP contribution in [0.4, 0.5) is 8.78 Å². The SMILES string of the molecule is C=CC(=O)N1CCn2nc(-c3nc(-c4ccc5c(c4)CN(C)CC5)c4ccsc4c3-c3c(F)cc(F)cc3OCCO)cc2[C@H]1C. The molecule has 0 radical (unpaired) electrons. The normalized spacial score (nSPS) is 16.4. The average Bonchev–Trinajstić information content (AvgIpc) is 3.71. The lowest BCUT2D eigenvalue weighted by Crippen LogP contribution is -2.40. The van der Waals surface area contributed by atoms with E-state index in [9.17, 15) is 14.3 Å². The third kappa shape index (κ3) is 5.18. The standard InChI is InChI=1S/C35H33F2N5O3S/c1-4-30(44)41-10-11-42-28(20(41)2)18-27(39-42)34-32(31-26(37)16-24(36)17-29(31)45-13-12-43)35-25(8-14-46-35)33(38-34)22-6-5-21-7-9-40(3)19-23(21)15-22/h4-6,8,14-18,20,43H,1,7,9-13,19H2,2-3H3/t20-/m1/s1. The van der Waals surface area contributed by atoms with Crippen LogP contribution in [0.2, 0.25) is 0 Å². The Morgan fingerprint density at radius 2 is 1.96 bits per heavy atom. The van der Waals surface area contributed by atoms with Gasteiger partial charge in [0.2, 0.25) is 5.91 Å². The molecule has 46 heavy (non-hydrogen) atoms. The molecule has 236 valence electrons. The molecule has 5 aromatic rings. The van der Waals surface area contributed by atoms with Crippen molar-refractivity contribution < 1.29 is 23.4 Å². The lowest BCUT2D eigenvalue weighted by atomic mass is 9.93. The summed E-state index contributed by atoms with van der Waals surface area (Å²) < 4.78 is 38.9. The maximum absolute atomic E-state index is 16.0. The monoisotopic (exact) mass is 641 g/mol. The lowest BCUT2D eigenvalue weighted by Gasteiger charge is -2.33. The van der Waals surface area contributed by atoms with Gasteiger partial charge in [-0.2, -0.15) is 5.10 Å². The van der Waals surface area contributed by atoms with Gasteiger partial charge in [0.25, 0.3) is 0 Å². The summed E-state index contributed by atoms with van der Waals surface area (Å²) in [4.78, 5) is 21.9. The second-order valence-corrected chi connectivity index (χ2v) is 12.7. The minimum atomic E-state index is -0.810. The van der Waals surface area contributed by atoms with Crippen LogP contribution in [0.1, 0.15) is 29.8 Å². The van der Waals surface area contributed by atoms with Crippen LogP contribution in [0.15, 0.2) is 60.5 Å². The van der Waals surface area contributed by atoms with Gasteiger partial charge in [0.05, 0.1) is 36.1 Å². The van der Waals surface area contributed by atoms with Gasteiger partial charge in [0.1, 0.15) is 35.4 Å². The fourth-order valence-corrected chi connectivity index (χ4v) is 7.55. The van der Waals surface area contributed by atoms with E-state index in [4.69, 9.17) is 14.8 Å². The fraction of sp³-hybridized carbons (Fsp3) is 0.286. The smallest absolute Gasteiger partial charge is 0.246 e. The molecule has 2 aliphatic rings. The molecule has 2 aromatic carbocycles. The number of nitrogens with zero attached hydrogens (tertiary/aromatic N) is 5. The summed E-state index contributed by atoms with van der Waals surface area (Å²) in [6.45, 7) is 7.88. The van der Waals surface area contributed by atoms with E-state index in [1.807, 2.05) is 29.1 Å². The van der Waals surface area contributed by atoms with Gasteiger partial charge in [-0.3, -0.25) is 9.48 Å². The predicted octanol–water partition coefficient (Wildman–Crippen LogP) is 6.22. The zero-order valence-electron chi connectivity index (χ0n) is 25.6. The molecule has 0 unspecified atom stereocenters. The number of likely N-dealkylation sites (N-methyl/N-ethyl adjacent to an activating group) is 1. The predicted molar refractivity (Wildman–Crippen MR) is 175 cm³/mol. The van der Waals surface area contributed by atoms with Crippen molar-refractivity contribution in [2.24, 2.45) is 0 Å². The van der Waals surface area contributed by atoms with Gasteiger partial charge >= 0.3 is 0 Å². The van der Waals surface area contributed by atoms with E-state index in [0.29, 0.717) is 30.0 Å². The molecule has 0 saturated carbocycles. The van der Waals surface area contributed by atoms with Crippen LogP contribution < -0.4 is 4.74 Å². The fourth-order valence-electron chi connectivity index (χ4n) is 6.61. The highest BCUT2D eigenvalue weighted by Crippen LogP contribution is 2.47. The molecule has 8 nitrogen and oxygen atoms in total. The zero-order chi connectivity index (χ0) is 32.1. The van der Waals surface area contributed by atoms with Gasteiger partial charge in [-0.05, 0) is 61.2 Å². The zero-order valence-corrected chi connectivity index (χ0v) is 26.4. The number of rotatable bonds is 7. The topological polar surface area (TPSA) is 83.7 Å². The number of aliphatic hydroxyl groups is 1. The molecule has 0 spiro atoms. The van der Waals surface area contributed by atoms with Crippen LogP contribution in [-0.2, 0) is 24.3 Å². The molecule has 0 bridgehead atoms. The Morgan fingerprint density at radius 3 is 2.76 bits per heavy atom. The summed E-state index contributed by atoms with van der Waals surface area (Å²) in [5.41, 5.74) is 6.41. The molecule has 1 amide bonds. The Kier molecular flexibility index (Phi) is 7.92. The van der Waals surface area contributed by atoms with Crippen LogP contribution in [-0.4, -0.2) is 68.9 Å². The molecular formula is C35H33F2N5O3S. The summed E-state index contributed by atoms with van der Waals surface area (Å²) in [5, 5.41) is 17.2. The highest BCUT2D eigenvalue weighted by molar-refractivity contribution is 7.18. The molecule has 2 aliphatic heterocycles. The van der Waals surface area contributed by atoms with Crippen LogP contribution in [0.25, 0.3) is 43.9 Å². The Hall–Kier alpha value is -4.45. The summed E-state index contributed by atoms with van der Waals surface area (Å²) in [6.07, 6.45) is 2.28. The summed E-state index contributed by atoms with van der Waals surface area (Å²) in [7, 11) is 2.11. The summed E-state index contributed by atoms with van der Waals surface area (Å²) >= 11 is 1.43. The second-order valence-electron chi connectivity index (χ2n) is 11.7. The molecule has 0 saturated heterocycles. The number of hydrogen-bond donors (Lipinski definition) is 1. The first kappa shape index (κ1) is 30.2. The van der Waals surface area contributed by atoms with Gasteiger partial charge in [-0.1, -0.05) is 18.7 Å². The number of benzene rings is 2. The number of carbonyl (C=O) groups excluding carboxylic acids is 1. The van der Waals surface area contributed by atoms with E-state index < -0.39 is 11.6 Å². The number of fused-ring (bicyclic) bond motifs is 3. The van der Waals surface area contributed by atoms with Crippen molar-refractivity contribution in [3.05, 3.63) is 89.0 Å². The van der Waals surface area contributed by atoms with Crippen LogP contribution in [0, 0.1) is 11.6 Å². The molecule has 3 aromatic heterocycles. The van der Waals surface area contributed by atoms with E-state index in [1.165, 1.54) is 28.5 Å².